The number of aryl methyl sites for hydroxylation is 2. The minimum Gasteiger partial charge on any atom is -0.487 e. The smallest absolute Gasteiger partial charge is 0.231 e. The lowest BCUT2D eigenvalue weighted by Gasteiger charge is -2.09. The second-order valence-corrected chi connectivity index (χ2v) is 5.47. The first-order valence-corrected chi connectivity index (χ1v) is 7.78. The highest BCUT2D eigenvalue weighted by Gasteiger charge is 2.16. The third kappa shape index (κ3) is 2.72. The van der Waals surface area contributed by atoms with Crippen LogP contribution < -0.4 is 14.2 Å². The van der Waals surface area contributed by atoms with E-state index in [9.17, 15) is 0 Å². The molecule has 112 valence electrons. The average Bonchev–Trinajstić information content (AvgIpc) is 3.08. The van der Waals surface area contributed by atoms with Crippen molar-refractivity contribution in [1.29, 1.82) is 0 Å². The molecule has 1 aliphatic rings. The van der Waals surface area contributed by atoms with Crippen molar-refractivity contribution in [2.24, 2.45) is 0 Å². The zero-order chi connectivity index (χ0) is 14.8. The molecule has 0 bridgehead atoms. The lowest BCUT2D eigenvalue weighted by atomic mass is 10.3. The quantitative estimate of drug-likeness (QED) is 0.825. The van der Waals surface area contributed by atoms with Gasteiger partial charge in [0.15, 0.2) is 11.5 Å². The van der Waals surface area contributed by atoms with Crippen LogP contribution in [0.25, 0.3) is 0 Å². The van der Waals surface area contributed by atoms with Gasteiger partial charge in [-0.15, -0.1) is 0 Å². The molecule has 0 amide bonds. The van der Waals surface area contributed by atoms with E-state index in [2.05, 4.69) is 34.9 Å². The van der Waals surface area contributed by atoms with Gasteiger partial charge in [0, 0.05) is 12.6 Å². The second kappa shape index (κ2) is 5.97. The number of rotatable bonds is 5. The highest BCUT2D eigenvalue weighted by Crippen LogP contribution is 2.35. The Morgan fingerprint density at radius 2 is 2.10 bits per heavy atom. The maximum Gasteiger partial charge on any atom is 0.231 e. The number of ether oxygens (including phenoxy) is 3. The van der Waals surface area contributed by atoms with Crippen LogP contribution in [0.4, 0.5) is 0 Å². The van der Waals surface area contributed by atoms with Gasteiger partial charge in [0.1, 0.15) is 12.4 Å². The van der Waals surface area contributed by atoms with Gasteiger partial charge in [-0.3, -0.25) is 4.68 Å². The summed E-state index contributed by atoms with van der Waals surface area (Å²) >= 11 is 3.62. The Kier molecular flexibility index (Phi) is 4.05. The van der Waals surface area contributed by atoms with E-state index >= 15 is 0 Å². The summed E-state index contributed by atoms with van der Waals surface area (Å²) in [6.07, 6.45) is 0.893. The lowest BCUT2D eigenvalue weighted by Crippen LogP contribution is -2.06. The normalized spacial score (nSPS) is 12.7. The Morgan fingerprint density at radius 1 is 1.29 bits per heavy atom. The Hall–Kier alpha value is -1.69. The molecule has 2 heterocycles. The maximum absolute atomic E-state index is 5.87. The SMILES string of the molecule is CCc1nn(CC)c(COc2ccc3c(c2)OCO3)c1Br. The summed E-state index contributed by atoms with van der Waals surface area (Å²) in [5.41, 5.74) is 2.10. The van der Waals surface area contributed by atoms with Crippen molar-refractivity contribution in [2.45, 2.75) is 33.4 Å². The van der Waals surface area contributed by atoms with Gasteiger partial charge in [-0.1, -0.05) is 6.92 Å². The summed E-state index contributed by atoms with van der Waals surface area (Å²) in [7, 11) is 0. The van der Waals surface area contributed by atoms with Crippen molar-refractivity contribution < 1.29 is 14.2 Å². The van der Waals surface area contributed by atoms with Crippen LogP contribution in [-0.4, -0.2) is 16.6 Å². The van der Waals surface area contributed by atoms with Gasteiger partial charge in [0.25, 0.3) is 0 Å². The predicted molar refractivity (Wildman–Crippen MR) is 81.9 cm³/mol. The van der Waals surface area contributed by atoms with Gasteiger partial charge in [0.05, 0.1) is 15.9 Å². The molecule has 1 aromatic carbocycles. The summed E-state index contributed by atoms with van der Waals surface area (Å²) in [5, 5.41) is 4.56. The highest BCUT2D eigenvalue weighted by atomic mass is 79.9. The van der Waals surface area contributed by atoms with Crippen molar-refractivity contribution in [3.63, 3.8) is 0 Å². The topological polar surface area (TPSA) is 45.5 Å². The molecule has 3 rings (SSSR count). The fourth-order valence-corrected chi connectivity index (χ4v) is 2.95. The molecule has 0 spiro atoms. The van der Waals surface area contributed by atoms with E-state index in [1.54, 1.807) is 0 Å². The summed E-state index contributed by atoms with van der Waals surface area (Å²) < 4.78 is 19.5. The Balaban J connectivity index is 1.77. The first-order valence-electron chi connectivity index (χ1n) is 6.99. The third-order valence-electron chi connectivity index (χ3n) is 3.41. The van der Waals surface area contributed by atoms with Crippen LogP contribution >= 0.6 is 15.9 Å². The molecule has 6 heteroatoms. The van der Waals surface area contributed by atoms with Crippen molar-refractivity contribution in [2.75, 3.05) is 6.79 Å². The largest absolute Gasteiger partial charge is 0.487 e. The summed E-state index contributed by atoms with van der Waals surface area (Å²) in [4.78, 5) is 0. The molecule has 21 heavy (non-hydrogen) atoms. The minimum absolute atomic E-state index is 0.271. The third-order valence-corrected chi connectivity index (χ3v) is 4.33. The van der Waals surface area contributed by atoms with Crippen LogP contribution in [-0.2, 0) is 19.6 Å². The molecule has 5 nitrogen and oxygen atoms in total. The van der Waals surface area contributed by atoms with Gasteiger partial charge >= 0.3 is 0 Å². The molecule has 0 saturated heterocycles. The molecule has 0 unspecified atom stereocenters. The van der Waals surface area contributed by atoms with Crippen molar-refractivity contribution in [3.8, 4) is 17.2 Å². The monoisotopic (exact) mass is 352 g/mol. The molecule has 0 saturated carbocycles. The summed E-state index contributed by atoms with van der Waals surface area (Å²) in [6, 6.07) is 5.60. The molecule has 0 radical (unpaired) electrons. The zero-order valence-corrected chi connectivity index (χ0v) is 13.6. The lowest BCUT2D eigenvalue weighted by molar-refractivity contribution is 0.173. The fraction of sp³-hybridized carbons (Fsp3) is 0.400. The summed E-state index contributed by atoms with van der Waals surface area (Å²) in [6.45, 7) is 5.71. The molecule has 1 aromatic heterocycles. The van der Waals surface area contributed by atoms with Gasteiger partial charge < -0.3 is 14.2 Å². The molecule has 0 aliphatic carbocycles. The van der Waals surface area contributed by atoms with Crippen molar-refractivity contribution >= 4 is 15.9 Å². The molecule has 0 N–H and O–H groups in total. The molecular formula is C15H17BrN2O3. The van der Waals surface area contributed by atoms with E-state index in [4.69, 9.17) is 14.2 Å². The molecular weight excluding hydrogens is 336 g/mol. The zero-order valence-electron chi connectivity index (χ0n) is 12.1. The second-order valence-electron chi connectivity index (χ2n) is 4.68. The van der Waals surface area contributed by atoms with E-state index in [0.29, 0.717) is 6.61 Å². The van der Waals surface area contributed by atoms with E-state index in [0.717, 1.165) is 46.1 Å². The molecule has 0 atom stereocenters. The van der Waals surface area contributed by atoms with Crippen LogP contribution in [0.15, 0.2) is 22.7 Å². The maximum atomic E-state index is 5.87. The fourth-order valence-electron chi connectivity index (χ4n) is 2.27. The standard InChI is InChI=1S/C15H17BrN2O3/c1-3-11-15(16)12(18(4-2)17-11)8-19-10-5-6-13-14(7-10)21-9-20-13/h5-7H,3-4,8-9H2,1-2H3. The Bertz CT molecular complexity index is 655. The number of aromatic nitrogens is 2. The van der Waals surface area contributed by atoms with Gasteiger partial charge in [-0.2, -0.15) is 5.10 Å². The molecule has 2 aromatic rings. The highest BCUT2D eigenvalue weighted by molar-refractivity contribution is 9.10. The molecule has 0 fully saturated rings. The minimum atomic E-state index is 0.271. The number of benzene rings is 1. The van der Waals surface area contributed by atoms with Gasteiger partial charge in [-0.25, -0.2) is 0 Å². The molecule has 1 aliphatic heterocycles. The van der Waals surface area contributed by atoms with Gasteiger partial charge in [-0.05, 0) is 41.4 Å². The number of hydrogen-bond acceptors (Lipinski definition) is 4. The Labute approximate surface area is 131 Å². The van der Waals surface area contributed by atoms with Crippen LogP contribution in [0, 0.1) is 0 Å². The van der Waals surface area contributed by atoms with Crippen LogP contribution in [0.2, 0.25) is 0 Å². The van der Waals surface area contributed by atoms with E-state index in [-0.39, 0.29) is 6.79 Å². The van der Waals surface area contributed by atoms with Crippen molar-refractivity contribution in [3.05, 3.63) is 34.1 Å². The number of nitrogens with zero attached hydrogens (tertiary/aromatic N) is 2. The summed E-state index contributed by atoms with van der Waals surface area (Å²) in [5.74, 6) is 2.24. The first kappa shape index (κ1) is 14.3. The number of halogens is 1. The predicted octanol–water partition coefficient (Wildman–Crippen LogP) is 3.54. The van der Waals surface area contributed by atoms with E-state index in [1.807, 2.05) is 22.9 Å². The average molecular weight is 353 g/mol. The van der Waals surface area contributed by atoms with Crippen LogP contribution in [0.5, 0.6) is 17.2 Å². The first-order chi connectivity index (χ1) is 10.2. The van der Waals surface area contributed by atoms with Crippen LogP contribution in [0.1, 0.15) is 25.2 Å². The number of hydrogen-bond donors (Lipinski definition) is 0. The van der Waals surface area contributed by atoms with Gasteiger partial charge in [0.2, 0.25) is 6.79 Å². The van der Waals surface area contributed by atoms with E-state index in [1.165, 1.54) is 0 Å². The number of fused-ring (bicyclic) bond motifs is 1. The van der Waals surface area contributed by atoms with Crippen molar-refractivity contribution in [1.82, 2.24) is 9.78 Å². The Morgan fingerprint density at radius 3 is 2.86 bits per heavy atom. The van der Waals surface area contributed by atoms with Crippen LogP contribution in [0.3, 0.4) is 0 Å². The van der Waals surface area contributed by atoms with E-state index < -0.39 is 0 Å².